The van der Waals surface area contributed by atoms with Gasteiger partial charge in [0.15, 0.2) is 5.13 Å². The van der Waals surface area contributed by atoms with Crippen molar-refractivity contribution in [3.63, 3.8) is 0 Å². The van der Waals surface area contributed by atoms with E-state index in [1.54, 1.807) is 29.7 Å². The maximum Gasteiger partial charge on any atom is 0.188 e. The molecule has 7 heteroatoms. The number of nitrogens with one attached hydrogen (secondary N) is 1. The minimum Gasteiger partial charge on any atom is -0.316 e. The molecule has 3 aromatic heterocycles. The Balaban J connectivity index is 1.50. The maximum atomic E-state index is 9.04. The lowest BCUT2D eigenvalue weighted by molar-refractivity contribution is 0.136. The van der Waals surface area contributed by atoms with Gasteiger partial charge in [-0.1, -0.05) is 12.5 Å². The van der Waals surface area contributed by atoms with Crippen molar-refractivity contribution >= 4 is 22.3 Å². The molecule has 0 radical (unpaired) electrons. The Kier molecular flexibility index (Phi) is 5.60. The fourth-order valence-corrected chi connectivity index (χ4v) is 4.33. The molecule has 0 saturated carbocycles. The Morgan fingerprint density at radius 1 is 1.29 bits per heavy atom. The highest BCUT2D eigenvalue weighted by Gasteiger charge is 2.26. The molecule has 1 fully saturated rings. The summed E-state index contributed by atoms with van der Waals surface area (Å²) >= 11 is 1.58. The van der Waals surface area contributed by atoms with Gasteiger partial charge in [-0.15, -0.1) is 11.3 Å². The quantitative estimate of drug-likeness (QED) is 0.687. The number of thiazole rings is 1. The summed E-state index contributed by atoms with van der Waals surface area (Å²) in [5.41, 5.74) is 4.05. The van der Waals surface area contributed by atoms with Crippen molar-refractivity contribution in [1.29, 1.82) is 5.26 Å². The smallest absolute Gasteiger partial charge is 0.188 e. The molecule has 0 aromatic carbocycles. The number of nitrogens with zero attached hydrogens (tertiary/aromatic N) is 5. The molecule has 3 aromatic rings. The zero-order valence-electron chi connectivity index (χ0n) is 15.8. The van der Waals surface area contributed by atoms with Crippen LogP contribution in [-0.4, -0.2) is 26.4 Å². The van der Waals surface area contributed by atoms with Gasteiger partial charge in [-0.25, -0.2) is 9.97 Å². The van der Waals surface area contributed by atoms with E-state index in [0.29, 0.717) is 17.4 Å². The first-order valence-corrected chi connectivity index (χ1v) is 10.3. The number of piperidine rings is 1. The van der Waals surface area contributed by atoms with Gasteiger partial charge >= 0.3 is 0 Å². The van der Waals surface area contributed by atoms with Crippen LogP contribution in [0.2, 0.25) is 0 Å². The number of hydrogen-bond donors (Lipinski definition) is 1. The second-order valence-corrected chi connectivity index (χ2v) is 7.85. The van der Waals surface area contributed by atoms with Gasteiger partial charge in [-0.05, 0) is 50.1 Å². The Morgan fingerprint density at radius 3 is 3.07 bits per heavy atom. The third-order valence-electron chi connectivity index (χ3n) is 5.07. The van der Waals surface area contributed by atoms with Crippen LogP contribution in [-0.2, 0) is 6.54 Å². The molecular formula is C21H22N6S. The number of hydrogen-bond acceptors (Lipinski definition) is 7. The minimum atomic E-state index is 0.306. The molecule has 28 heavy (non-hydrogen) atoms. The molecule has 0 unspecified atom stereocenters. The molecule has 1 saturated heterocycles. The van der Waals surface area contributed by atoms with Crippen LogP contribution in [0.4, 0.5) is 10.9 Å². The SMILES string of the molecule is Cc1cccnc1CN1CCCC[C@@H]1c1csc(Nc2cc(C#N)ccn2)n1. The van der Waals surface area contributed by atoms with Crippen LogP contribution < -0.4 is 5.32 Å². The van der Waals surface area contributed by atoms with Crippen LogP contribution in [0.15, 0.2) is 42.0 Å². The normalized spacial score (nSPS) is 17.2. The molecule has 4 heterocycles. The topological polar surface area (TPSA) is 77.7 Å². The third-order valence-corrected chi connectivity index (χ3v) is 5.85. The summed E-state index contributed by atoms with van der Waals surface area (Å²) in [6, 6.07) is 9.97. The highest BCUT2D eigenvalue weighted by Crippen LogP contribution is 2.34. The third kappa shape index (κ3) is 4.19. The van der Waals surface area contributed by atoms with E-state index in [2.05, 4.69) is 44.6 Å². The largest absolute Gasteiger partial charge is 0.316 e. The predicted molar refractivity (Wildman–Crippen MR) is 110 cm³/mol. The summed E-state index contributed by atoms with van der Waals surface area (Å²) in [6.07, 6.45) is 7.04. The van der Waals surface area contributed by atoms with E-state index in [4.69, 9.17) is 10.2 Å². The number of likely N-dealkylation sites (tertiary alicyclic amines) is 1. The fraction of sp³-hybridized carbons (Fsp3) is 0.333. The van der Waals surface area contributed by atoms with E-state index in [9.17, 15) is 0 Å². The zero-order chi connectivity index (χ0) is 19.3. The van der Waals surface area contributed by atoms with E-state index in [0.717, 1.165) is 36.0 Å². The standard InChI is InChI=1S/C21H22N6S/c1-15-5-4-8-23-17(15)13-27-10-3-2-6-19(27)18-14-28-21(25-18)26-20-11-16(12-22)7-9-24-20/h4-5,7-9,11,14,19H,2-3,6,10,13H2,1H3,(H,24,25,26)/t19-/m1/s1. The molecule has 1 atom stereocenters. The summed E-state index contributed by atoms with van der Waals surface area (Å²) in [7, 11) is 0. The first-order chi connectivity index (χ1) is 13.7. The van der Waals surface area contributed by atoms with Crippen LogP contribution in [0.5, 0.6) is 0 Å². The Hall–Kier alpha value is -2.82. The number of pyridine rings is 2. The number of rotatable bonds is 5. The van der Waals surface area contributed by atoms with Gasteiger partial charge < -0.3 is 5.32 Å². The molecule has 4 rings (SSSR count). The van der Waals surface area contributed by atoms with Crippen molar-refractivity contribution in [1.82, 2.24) is 19.9 Å². The molecule has 1 aliphatic heterocycles. The predicted octanol–water partition coefficient (Wildman–Crippen LogP) is 4.58. The van der Waals surface area contributed by atoms with Gasteiger partial charge in [-0.3, -0.25) is 9.88 Å². The van der Waals surface area contributed by atoms with Crippen LogP contribution in [0, 0.1) is 18.3 Å². The van der Waals surface area contributed by atoms with Crippen molar-refractivity contribution in [2.45, 2.75) is 38.8 Å². The number of aryl methyl sites for hydroxylation is 1. The average Bonchev–Trinajstić information content (AvgIpc) is 3.18. The molecule has 142 valence electrons. The molecule has 0 aliphatic carbocycles. The van der Waals surface area contributed by atoms with Crippen molar-refractivity contribution in [3.05, 3.63) is 64.6 Å². The first-order valence-electron chi connectivity index (χ1n) is 9.46. The van der Waals surface area contributed by atoms with Crippen LogP contribution >= 0.6 is 11.3 Å². The van der Waals surface area contributed by atoms with Crippen LogP contribution in [0.25, 0.3) is 0 Å². The molecule has 0 bridgehead atoms. The van der Waals surface area contributed by atoms with E-state index >= 15 is 0 Å². The Labute approximate surface area is 168 Å². The highest BCUT2D eigenvalue weighted by atomic mass is 32.1. The van der Waals surface area contributed by atoms with Crippen molar-refractivity contribution in [2.75, 3.05) is 11.9 Å². The first kappa shape index (κ1) is 18.5. The highest BCUT2D eigenvalue weighted by molar-refractivity contribution is 7.13. The van der Waals surface area contributed by atoms with Gasteiger partial charge in [0, 0.05) is 24.3 Å². The van der Waals surface area contributed by atoms with E-state index in [-0.39, 0.29) is 0 Å². The molecule has 1 N–H and O–H groups in total. The molecule has 0 amide bonds. The van der Waals surface area contributed by atoms with Gasteiger partial charge in [0.1, 0.15) is 5.82 Å². The van der Waals surface area contributed by atoms with Gasteiger partial charge in [0.05, 0.1) is 29.1 Å². The average molecular weight is 391 g/mol. The van der Waals surface area contributed by atoms with Crippen molar-refractivity contribution < 1.29 is 0 Å². The van der Waals surface area contributed by atoms with Crippen molar-refractivity contribution in [2.24, 2.45) is 0 Å². The van der Waals surface area contributed by atoms with E-state index < -0.39 is 0 Å². The number of aromatic nitrogens is 3. The van der Waals surface area contributed by atoms with Crippen LogP contribution in [0.1, 0.15) is 47.8 Å². The zero-order valence-corrected chi connectivity index (χ0v) is 16.6. The molecular weight excluding hydrogens is 368 g/mol. The number of nitriles is 1. The fourth-order valence-electron chi connectivity index (χ4n) is 3.57. The lowest BCUT2D eigenvalue weighted by atomic mass is 9.99. The van der Waals surface area contributed by atoms with E-state index in [1.165, 1.54) is 18.4 Å². The van der Waals surface area contributed by atoms with E-state index in [1.807, 2.05) is 12.3 Å². The summed E-state index contributed by atoms with van der Waals surface area (Å²) in [5.74, 6) is 0.643. The number of anilines is 2. The molecule has 6 nitrogen and oxygen atoms in total. The summed E-state index contributed by atoms with van der Waals surface area (Å²) in [5, 5.41) is 15.2. The minimum absolute atomic E-state index is 0.306. The molecule has 0 spiro atoms. The van der Waals surface area contributed by atoms with Crippen LogP contribution in [0.3, 0.4) is 0 Å². The molecule has 1 aliphatic rings. The Morgan fingerprint density at radius 2 is 2.21 bits per heavy atom. The second-order valence-electron chi connectivity index (χ2n) is 6.99. The summed E-state index contributed by atoms with van der Waals surface area (Å²) < 4.78 is 0. The maximum absolute atomic E-state index is 9.04. The summed E-state index contributed by atoms with van der Waals surface area (Å²) in [6.45, 7) is 4.03. The monoisotopic (exact) mass is 390 g/mol. The lowest BCUT2D eigenvalue weighted by Gasteiger charge is -2.34. The Bertz CT molecular complexity index is 992. The van der Waals surface area contributed by atoms with Crippen molar-refractivity contribution in [3.8, 4) is 6.07 Å². The second kappa shape index (κ2) is 8.46. The summed E-state index contributed by atoms with van der Waals surface area (Å²) in [4.78, 5) is 16.2. The van der Waals surface area contributed by atoms with Gasteiger partial charge in [0.2, 0.25) is 0 Å². The lowest BCUT2D eigenvalue weighted by Crippen LogP contribution is -2.33. The van der Waals surface area contributed by atoms with Gasteiger partial charge in [-0.2, -0.15) is 5.26 Å². The van der Waals surface area contributed by atoms with Gasteiger partial charge in [0.25, 0.3) is 0 Å².